The first-order chi connectivity index (χ1) is 11.3. The summed E-state index contributed by atoms with van der Waals surface area (Å²) in [5.74, 6) is -0.0191. The van der Waals surface area contributed by atoms with Crippen LogP contribution in [0.15, 0.2) is 0 Å². The summed E-state index contributed by atoms with van der Waals surface area (Å²) in [6, 6.07) is -0.408. The lowest BCUT2D eigenvalue weighted by Crippen LogP contribution is -2.33. The van der Waals surface area contributed by atoms with Crippen LogP contribution in [-0.2, 0) is 9.59 Å². The third kappa shape index (κ3) is 13.7. The molecule has 148 valence electrons. The minimum absolute atomic E-state index is 0. The summed E-state index contributed by atoms with van der Waals surface area (Å²) in [5, 5.41) is 13.9. The maximum absolute atomic E-state index is 12.2. The number of amides is 1. The monoisotopic (exact) mass is 447 g/mol. The first-order valence-corrected chi connectivity index (χ1v) is 15.7. The first-order valence-electron chi connectivity index (χ1n) is 8.07. The summed E-state index contributed by atoms with van der Waals surface area (Å²) in [7, 11) is 7.50. The molecule has 0 spiro atoms. The van der Waals surface area contributed by atoms with E-state index in [2.05, 4.69) is 37.4 Å². The number of hydrogen-bond donors (Lipinski definition) is 4. The number of nitrogens with two attached hydrogens (primary N) is 1. The van der Waals surface area contributed by atoms with Gasteiger partial charge in [0.05, 0.1) is 6.04 Å². The standard InChI is InChI=1S/C13H31N4O2P5.CH4/c1-16-8-4-3-7-11(23(15)20)12(18)17-9-5-2-6-10(14)13(19)24(21)22;/h10-11,15-16H,2-9,14,20-22H2,1H3;1H4/p+1. The van der Waals surface area contributed by atoms with Crippen LogP contribution in [0.5, 0.6) is 0 Å². The normalized spacial score (nSPS) is 13.8. The maximum atomic E-state index is 12.2. The van der Waals surface area contributed by atoms with Crippen molar-refractivity contribution >= 4 is 52.9 Å². The van der Waals surface area contributed by atoms with E-state index in [9.17, 15) is 9.59 Å². The molecule has 11 heteroatoms. The average molecular weight is 447 g/mol. The van der Waals surface area contributed by atoms with E-state index in [1.807, 2.05) is 7.05 Å². The molecule has 6 nitrogen and oxygen atoms in total. The highest BCUT2D eigenvalue weighted by atomic mass is 32.4. The Morgan fingerprint density at radius 3 is 2.24 bits per heavy atom. The predicted molar refractivity (Wildman–Crippen MR) is 124 cm³/mol. The lowest BCUT2D eigenvalue weighted by molar-refractivity contribution is -0.120. The fraction of sp³-hybridized carbons (Fsp3) is 0.857. The molecule has 0 aromatic heterocycles. The van der Waals surface area contributed by atoms with Gasteiger partial charge < -0.3 is 16.4 Å². The summed E-state index contributed by atoms with van der Waals surface area (Å²) in [5.41, 5.74) is 5.72. The van der Waals surface area contributed by atoms with E-state index in [1.54, 1.807) is 0 Å². The van der Waals surface area contributed by atoms with Crippen molar-refractivity contribution in [1.82, 2.24) is 10.6 Å². The molecular weight excluding hydrogens is 411 g/mol. The summed E-state index contributed by atoms with van der Waals surface area (Å²) in [6.07, 6.45) is 5.01. The Kier molecular flexibility index (Phi) is 19.1. The highest BCUT2D eigenvalue weighted by Gasteiger charge is 2.29. The van der Waals surface area contributed by atoms with Crippen molar-refractivity contribution in [3.8, 4) is 0 Å². The van der Waals surface area contributed by atoms with E-state index < -0.39 is 20.7 Å². The fourth-order valence-corrected chi connectivity index (χ4v) is 5.49. The summed E-state index contributed by atoms with van der Waals surface area (Å²) < 4.78 is 0. The fourth-order valence-electron chi connectivity index (χ4n) is 2.17. The van der Waals surface area contributed by atoms with Crippen molar-refractivity contribution in [3.05, 3.63) is 0 Å². The van der Waals surface area contributed by atoms with Gasteiger partial charge in [0, 0.05) is 20.3 Å². The Bertz CT molecular complexity index is 413. The van der Waals surface area contributed by atoms with E-state index in [1.165, 1.54) is 0 Å². The SMILES string of the molecule is C.CNCCCCC(C(=O)NCCCCC(N)C(=O)P(P)P)[P+](=N)P. The number of unbranched alkanes of at least 4 members (excludes halogenated alkanes) is 2. The van der Waals surface area contributed by atoms with Crippen molar-refractivity contribution in [2.24, 2.45) is 5.73 Å². The summed E-state index contributed by atoms with van der Waals surface area (Å²) in [4.78, 5) is 23.9. The quantitative estimate of drug-likeness (QED) is 0.241. The third-order valence-corrected chi connectivity index (χ3v) is 8.22. The summed E-state index contributed by atoms with van der Waals surface area (Å²) >= 11 is 0. The van der Waals surface area contributed by atoms with Crippen molar-refractivity contribution in [1.29, 1.82) is 5.16 Å². The van der Waals surface area contributed by atoms with Crippen molar-refractivity contribution in [2.45, 2.75) is 57.7 Å². The van der Waals surface area contributed by atoms with Gasteiger partial charge in [-0.3, -0.25) is 9.59 Å². The van der Waals surface area contributed by atoms with E-state index in [0.29, 0.717) is 13.0 Å². The van der Waals surface area contributed by atoms with E-state index in [0.717, 1.165) is 38.6 Å². The molecule has 6 unspecified atom stereocenters. The van der Waals surface area contributed by atoms with Gasteiger partial charge in [-0.2, -0.15) is 0 Å². The van der Waals surface area contributed by atoms with Gasteiger partial charge in [0.2, 0.25) is 13.1 Å². The van der Waals surface area contributed by atoms with Crippen LogP contribution in [0.25, 0.3) is 0 Å². The molecule has 0 fully saturated rings. The second kappa shape index (κ2) is 17.0. The Morgan fingerprint density at radius 1 is 1.16 bits per heavy atom. The van der Waals surface area contributed by atoms with Crippen LogP contribution in [0.4, 0.5) is 0 Å². The number of nitrogens with one attached hydrogen (secondary N) is 3. The van der Waals surface area contributed by atoms with E-state index in [4.69, 9.17) is 10.9 Å². The van der Waals surface area contributed by atoms with Crippen LogP contribution in [-0.4, -0.2) is 43.3 Å². The first kappa shape index (κ1) is 28.1. The molecule has 5 N–H and O–H groups in total. The molecule has 0 bridgehead atoms. The highest BCUT2D eigenvalue weighted by Crippen LogP contribution is 2.54. The van der Waals surface area contributed by atoms with Crippen molar-refractivity contribution in [2.75, 3.05) is 20.1 Å². The molecule has 1 amide bonds. The van der Waals surface area contributed by atoms with Crippen LogP contribution >= 0.6 is 41.5 Å². The van der Waals surface area contributed by atoms with Crippen LogP contribution < -0.4 is 16.4 Å². The molecule has 0 rings (SSSR count). The zero-order valence-electron chi connectivity index (χ0n) is 14.3. The zero-order valence-corrected chi connectivity index (χ0v) is 19.6. The molecular formula is C14H36N4O2P5+. The molecule has 0 heterocycles. The lowest BCUT2D eigenvalue weighted by atomic mass is 10.1. The molecule has 0 saturated heterocycles. The Balaban J connectivity index is 0. The molecule has 0 aliphatic heterocycles. The van der Waals surface area contributed by atoms with Crippen LogP contribution in [0, 0.1) is 5.16 Å². The van der Waals surface area contributed by atoms with Crippen LogP contribution in [0.1, 0.15) is 46.0 Å². The Morgan fingerprint density at radius 2 is 1.72 bits per heavy atom. The minimum Gasteiger partial charge on any atom is -0.352 e. The van der Waals surface area contributed by atoms with Crippen molar-refractivity contribution in [3.63, 3.8) is 0 Å². The minimum atomic E-state index is -1.11. The molecule has 0 aliphatic carbocycles. The molecule has 0 aromatic rings. The number of carbonyl (C=O) groups excluding carboxylic acids is 2. The summed E-state index contributed by atoms with van der Waals surface area (Å²) in [6.45, 7) is 1.52. The average Bonchev–Trinajstić information content (AvgIpc) is 2.52. The Hall–Kier alpha value is 0.880. The van der Waals surface area contributed by atoms with Gasteiger partial charge in [-0.05, 0) is 45.7 Å². The second-order valence-electron chi connectivity index (χ2n) is 5.66. The smallest absolute Gasteiger partial charge is 0.270 e. The Labute approximate surface area is 162 Å². The molecule has 0 aliphatic rings. The van der Waals surface area contributed by atoms with Crippen molar-refractivity contribution < 1.29 is 9.59 Å². The molecule has 0 radical (unpaired) electrons. The van der Waals surface area contributed by atoms with Crippen LogP contribution in [0.3, 0.4) is 0 Å². The van der Waals surface area contributed by atoms with Gasteiger partial charge in [0.25, 0.3) is 5.91 Å². The van der Waals surface area contributed by atoms with Gasteiger partial charge in [0.1, 0.15) is 8.93 Å². The van der Waals surface area contributed by atoms with Gasteiger partial charge in [-0.1, -0.05) is 25.3 Å². The van der Waals surface area contributed by atoms with Gasteiger partial charge in [-0.15, -0.1) is 5.16 Å². The number of hydrogen-bond acceptors (Lipinski definition) is 5. The zero-order chi connectivity index (χ0) is 18.5. The molecule has 6 atom stereocenters. The van der Waals surface area contributed by atoms with E-state index in [-0.39, 0.29) is 24.5 Å². The highest BCUT2D eigenvalue weighted by molar-refractivity contribution is 8.50. The van der Waals surface area contributed by atoms with Crippen LogP contribution in [0.2, 0.25) is 0 Å². The molecule has 0 saturated carbocycles. The van der Waals surface area contributed by atoms with Gasteiger partial charge >= 0.3 is 0 Å². The number of rotatable bonds is 14. The molecule has 0 aromatic carbocycles. The topological polar surface area (TPSA) is 108 Å². The largest absolute Gasteiger partial charge is 0.352 e. The number of carbonyl (C=O) groups is 2. The maximum Gasteiger partial charge on any atom is 0.270 e. The second-order valence-corrected chi connectivity index (χ2v) is 15.2. The molecule has 25 heavy (non-hydrogen) atoms. The lowest BCUT2D eigenvalue weighted by Gasteiger charge is -2.13. The van der Waals surface area contributed by atoms with Gasteiger partial charge in [0.15, 0.2) is 5.52 Å². The predicted octanol–water partition coefficient (Wildman–Crippen LogP) is 3.62. The third-order valence-electron chi connectivity index (χ3n) is 3.61. The van der Waals surface area contributed by atoms with Gasteiger partial charge in [-0.25, -0.2) is 0 Å². The van der Waals surface area contributed by atoms with E-state index >= 15 is 0 Å².